The van der Waals surface area contributed by atoms with E-state index in [4.69, 9.17) is 0 Å². The smallest absolute Gasteiger partial charge is 0.319 e. The zero-order chi connectivity index (χ0) is 17.6. The summed E-state index contributed by atoms with van der Waals surface area (Å²) in [5.74, 6) is -0.751. The van der Waals surface area contributed by atoms with Crippen molar-refractivity contribution in [2.75, 3.05) is 17.2 Å². The predicted octanol–water partition coefficient (Wildman–Crippen LogP) is 3.46. The van der Waals surface area contributed by atoms with E-state index in [0.29, 0.717) is 5.69 Å². The molecule has 0 saturated heterocycles. The molecule has 0 saturated carbocycles. The molecule has 3 rings (SSSR count). The zero-order valence-electron chi connectivity index (χ0n) is 13.8. The second-order valence-corrected chi connectivity index (χ2v) is 6.01. The summed E-state index contributed by atoms with van der Waals surface area (Å²) in [6, 6.07) is 10.9. The third kappa shape index (κ3) is 4.56. The van der Waals surface area contributed by atoms with E-state index in [-0.39, 0.29) is 18.3 Å². The fourth-order valence-electron chi connectivity index (χ4n) is 2.96. The van der Waals surface area contributed by atoms with Crippen molar-refractivity contribution in [3.63, 3.8) is 0 Å². The standard InChI is InChI=1S/C19H20FN3O2/c20-14-8-10-15(11-9-14)22-18(24)12-21-19(25)23-17-7-3-5-13-4-1-2-6-16(13)17/h3,5,7-11H,1-2,4,6,12H2,(H,22,24)(H2,21,23,25). The number of hydrogen-bond donors (Lipinski definition) is 3. The molecule has 5 nitrogen and oxygen atoms in total. The largest absolute Gasteiger partial charge is 0.329 e. The van der Waals surface area contributed by atoms with E-state index in [0.717, 1.165) is 24.9 Å². The molecule has 2 aromatic rings. The number of carbonyl (C=O) groups is 2. The van der Waals surface area contributed by atoms with E-state index in [2.05, 4.69) is 22.0 Å². The topological polar surface area (TPSA) is 70.2 Å². The van der Waals surface area contributed by atoms with Crippen molar-refractivity contribution in [3.05, 3.63) is 59.4 Å². The lowest BCUT2D eigenvalue weighted by Gasteiger charge is -2.19. The van der Waals surface area contributed by atoms with Gasteiger partial charge in [0.1, 0.15) is 5.82 Å². The van der Waals surface area contributed by atoms with E-state index in [1.807, 2.05) is 12.1 Å². The van der Waals surface area contributed by atoms with Crippen molar-refractivity contribution in [2.24, 2.45) is 0 Å². The highest BCUT2D eigenvalue weighted by Crippen LogP contribution is 2.27. The molecule has 6 heteroatoms. The minimum atomic E-state index is -0.423. The molecule has 3 N–H and O–H groups in total. The number of fused-ring (bicyclic) bond motifs is 1. The van der Waals surface area contributed by atoms with Gasteiger partial charge in [-0.15, -0.1) is 0 Å². The van der Waals surface area contributed by atoms with E-state index in [9.17, 15) is 14.0 Å². The lowest BCUT2D eigenvalue weighted by atomic mass is 9.90. The summed E-state index contributed by atoms with van der Waals surface area (Å²) in [4.78, 5) is 23.9. The van der Waals surface area contributed by atoms with Gasteiger partial charge in [0, 0.05) is 11.4 Å². The Hall–Kier alpha value is -2.89. The molecule has 0 bridgehead atoms. The van der Waals surface area contributed by atoms with E-state index in [1.165, 1.54) is 41.8 Å². The second-order valence-electron chi connectivity index (χ2n) is 6.01. The molecule has 0 heterocycles. The molecular formula is C19H20FN3O2. The molecule has 0 aliphatic heterocycles. The number of aryl methyl sites for hydroxylation is 1. The molecule has 0 unspecified atom stereocenters. The first-order chi connectivity index (χ1) is 12.1. The summed E-state index contributed by atoms with van der Waals surface area (Å²) < 4.78 is 12.8. The number of amides is 3. The van der Waals surface area contributed by atoms with Gasteiger partial charge in [0.25, 0.3) is 0 Å². The minimum absolute atomic E-state index is 0.168. The summed E-state index contributed by atoms with van der Waals surface area (Å²) in [7, 11) is 0. The maximum Gasteiger partial charge on any atom is 0.319 e. The van der Waals surface area contributed by atoms with Gasteiger partial charge in [-0.2, -0.15) is 0 Å². The molecule has 0 fully saturated rings. The number of carbonyl (C=O) groups excluding carboxylic acids is 2. The molecule has 0 atom stereocenters. The number of benzene rings is 2. The monoisotopic (exact) mass is 341 g/mol. The highest BCUT2D eigenvalue weighted by molar-refractivity contribution is 5.97. The molecule has 0 aromatic heterocycles. The Morgan fingerprint density at radius 1 is 0.960 bits per heavy atom. The van der Waals surface area contributed by atoms with Crippen LogP contribution in [0.1, 0.15) is 24.0 Å². The van der Waals surface area contributed by atoms with Crippen LogP contribution in [-0.4, -0.2) is 18.5 Å². The van der Waals surface area contributed by atoms with Crippen LogP contribution in [-0.2, 0) is 17.6 Å². The quantitative estimate of drug-likeness (QED) is 0.797. The number of anilines is 2. The van der Waals surface area contributed by atoms with Crippen LogP contribution in [0.15, 0.2) is 42.5 Å². The predicted molar refractivity (Wildman–Crippen MR) is 95.1 cm³/mol. The van der Waals surface area contributed by atoms with Crippen LogP contribution in [0.2, 0.25) is 0 Å². The SMILES string of the molecule is O=C(CNC(=O)Nc1cccc2c1CCCC2)Nc1ccc(F)cc1. The number of halogens is 1. The van der Waals surface area contributed by atoms with Gasteiger partial charge in [0.15, 0.2) is 0 Å². The van der Waals surface area contributed by atoms with Crippen molar-refractivity contribution in [3.8, 4) is 0 Å². The average molecular weight is 341 g/mol. The number of nitrogens with one attached hydrogen (secondary N) is 3. The fraction of sp³-hybridized carbons (Fsp3) is 0.263. The van der Waals surface area contributed by atoms with Gasteiger partial charge in [0.05, 0.1) is 6.54 Å². The van der Waals surface area contributed by atoms with Gasteiger partial charge in [0.2, 0.25) is 5.91 Å². The van der Waals surface area contributed by atoms with Crippen molar-refractivity contribution < 1.29 is 14.0 Å². The van der Waals surface area contributed by atoms with Gasteiger partial charge in [-0.25, -0.2) is 9.18 Å². The molecular weight excluding hydrogens is 321 g/mol. The Balaban J connectivity index is 1.51. The van der Waals surface area contributed by atoms with Crippen LogP contribution < -0.4 is 16.0 Å². The first-order valence-electron chi connectivity index (χ1n) is 8.33. The van der Waals surface area contributed by atoms with Gasteiger partial charge in [-0.3, -0.25) is 4.79 Å². The van der Waals surface area contributed by atoms with Crippen molar-refractivity contribution >= 4 is 23.3 Å². The Morgan fingerprint density at radius 3 is 2.52 bits per heavy atom. The molecule has 25 heavy (non-hydrogen) atoms. The number of hydrogen-bond acceptors (Lipinski definition) is 2. The summed E-state index contributed by atoms with van der Waals surface area (Å²) in [5.41, 5.74) is 3.73. The lowest BCUT2D eigenvalue weighted by Crippen LogP contribution is -2.36. The highest BCUT2D eigenvalue weighted by atomic mass is 19.1. The highest BCUT2D eigenvalue weighted by Gasteiger charge is 2.14. The first-order valence-corrected chi connectivity index (χ1v) is 8.33. The van der Waals surface area contributed by atoms with Crippen molar-refractivity contribution in [1.82, 2.24) is 5.32 Å². The Morgan fingerprint density at radius 2 is 1.72 bits per heavy atom. The van der Waals surface area contributed by atoms with E-state index < -0.39 is 6.03 Å². The van der Waals surface area contributed by atoms with Gasteiger partial charge in [-0.05, 0) is 67.1 Å². The summed E-state index contributed by atoms with van der Waals surface area (Å²) in [6.07, 6.45) is 4.28. The maximum absolute atomic E-state index is 12.8. The Labute approximate surface area is 145 Å². The molecule has 1 aliphatic rings. The molecule has 3 amide bonds. The van der Waals surface area contributed by atoms with Crippen molar-refractivity contribution in [2.45, 2.75) is 25.7 Å². The molecule has 0 radical (unpaired) electrons. The lowest BCUT2D eigenvalue weighted by molar-refractivity contribution is -0.115. The van der Waals surface area contributed by atoms with E-state index in [1.54, 1.807) is 0 Å². The first kappa shape index (κ1) is 17.0. The summed E-state index contributed by atoms with van der Waals surface area (Å²) >= 11 is 0. The van der Waals surface area contributed by atoms with Crippen LogP contribution in [0.3, 0.4) is 0 Å². The van der Waals surface area contributed by atoms with Gasteiger partial charge < -0.3 is 16.0 Å². The maximum atomic E-state index is 12.8. The molecule has 1 aliphatic carbocycles. The molecule has 130 valence electrons. The Kier molecular flexibility index (Phi) is 5.28. The summed E-state index contributed by atoms with van der Waals surface area (Å²) in [6.45, 7) is -0.168. The molecule has 2 aromatic carbocycles. The van der Waals surface area contributed by atoms with Crippen LogP contribution in [0.4, 0.5) is 20.6 Å². The Bertz CT molecular complexity index is 775. The third-order valence-corrected chi connectivity index (χ3v) is 4.18. The third-order valence-electron chi connectivity index (χ3n) is 4.18. The zero-order valence-corrected chi connectivity index (χ0v) is 13.8. The van der Waals surface area contributed by atoms with Crippen molar-refractivity contribution in [1.29, 1.82) is 0 Å². The van der Waals surface area contributed by atoms with Crippen LogP contribution in [0, 0.1) is 5.82 Å². The van der Waals surface area contributed by atoms with Crippen LogP contribution >= 0.6 is 0 Å². The second kappa shape index (κ2) is 7.79. The fourth-order valence-corrected chi connectivity index (χ4v) is 2.96. The van der Waals surface area contributed by atoms with Gasteiger partial charge >= 0.3 is 6.03 Å². The van der Waals surface area contributed by atoms with Crippen LogP contribution in [0.5, 0.6) is 0 Å². The average Bonchev–Trinajstić information content (AvgIpc) is 2.62. The normalized spacial score (nSPS) is 12.8. The molecule has 0 spiro atoms. The summed E-state index contributed by atoms with van der Waals surface area (Å²) in [5, 5.41) is 7.94. The van der Waals surface area contributed by atoms with Gasteiger partial charge in [-0.1, -0.05) is 12.1 Å². The van der Waals surface area contributed by atoms with Crippen LogP contribution in [0.25, 0.3) is 0 Å². The number of urea groups is 1. The minimum Gasteiger partial charge on any atom is -0.329 e. The van der Waals surface area contributed by atoms with E-state index >= 15 is 0 Å². The number of rotatable bonds is 4.